The summed E-state index contributed by atoms with van der Waals surface area (Å²) in [7, 11) is 2.20. The van der Waals surface area contributed by atoms with Gasteiger partial charge in [-0.25, -0.2) is 4.98 Å². The van der Waals surface area contributed by atoms with Crippen LogP contribution in [0.25, 0.3) is 5.78 Å². The van der Waals surface area contributed by atoms with Crippen molar-refractivity contribution in [3.63, 3.8) is 0 Å². The minimum Gasteiger partial charge on any atom is -0.353 e. The molecule has 2 aromatic heterocycles. The zero-order chi connectivity index (χ0) is 15.3. The fourth-order valence-corrected chi connectivity index (χ4v) is 3.43. The van der Waals surface area contributed by atoms with Gasteiger partial charge in [-0.1, -0.05) is 0 Å². The largest absolute Gasteiger partial charge is 0.353 e. The molecule has 4 rings (SSSR count). The second-order valence-corrected chi connectivity index (χ2v) is 6.52. The van der Waals surface area contributed by atoms with Crippen molar-refractivity contribution in [3.8, 4) is 0 Å². The molecule has 0 saturated carbocycles. The third-order valence-electron chi connectivity index (χ3n) is 5.09. The molecule has 0 bridgehead atoms. The maximum Gasteiger partial charge on any atom is 0.254 e. The van der Waals surface area contributed by atoms with Gasteiger partial charge >= 0.3 is 0 Å². The maximum absolute atomic E-state index is 4.50. The van der Waals surface area contributed by atoms with Crippen molar-refractivity contribution in [1.82, 2.24) is 29.4 Å². The summed E-state index contributed by atoms with van der Waals surface area (Å²) >= 11 is 0. The van der Waals surface area contributed by atoms with Crippen LogP contribution in [0.3, 0.4) is 0 Å². The van der Waals surface area contributed by atoms with Crippen LogP contribution in [0.4, 0.5) is 5.82 Å². The highest BCUT2D eigenvalue weighted by Gasteiger charge is 2.35. The fraction of sp³-hybridized carbons (Fsp3) is 0.667. The Hall–Kier alpha value is -1.73. The van der Waals surface area contributed by atoms with Crippen molar-refractivity contribution in [2.45, 2.75) is 19.9 Å². The lowest BCUT2D eigenvalue weighted by Crippen LogP contribution is -2.63. The predicted octanol–water partition coefficient (Wildman–Crippen LogP) is 0.177. The molecule has 0 N–H and O–H groups in total. The number of aromatic nitrogens is 4. The van der Waals surface area contributed by atoms with E-state index in [1.54, 1.807) is 6.33 Å². The molecule has 0 atom stereocenters. The topological polar surface area (TPSA) is 52.8 Å². The number of fused-ring (bicyclic) bond motifs is 1. The Kier molecular flexibility index (Phi) is 3.27. The molecule has 0 aliphatic carbocycles. The van der Waals surface area contributed by atoms with Crippen LogP contribution in [-0.4, -0.2) is 81.7 Å². The number of piperazine rings is 1. The number of rotatable bonds is 2. The smallest absolute Gasteiger partial charge is 0.254 e. The Labute approximate surface area is 130 Å². The first-order chi connectivity index (χ1) is 10.6. The van der Waals surface area contributed by atoms with Gasteiger partial charge in [-0.05, 0) is 20.9 Å². The summed E-state index contributed by atoms with van der Waals surface area (Å²) in [4.78, 5) is 16.2. The first-order valence-corrected chi connectivity index (χ1v) is 7.98. The van der Waals surface area contributed by atoms with E-state index in [1.807, 2.05) is 11.4 Å². The number of aryl methyl sites for hydroxylation is 1. The number of hydrogen-bond acceptors (Lipinski definition) is 6. The van der Waals surface area contributed by atoms with E-state index < -0.39 is 0 Å². The van der Waals surface area contributed by atoms with Gasteiger partial charge in [0.15, 0.2) is 0 Å². The molecular formula is C15H23N7. The van der Waals surface area contributed by atoms with E-state index in [0.717, 1.165) is 24.6 Å². The van der Waals surface area contributed by atoms with Gasteiger partial charge in [0.1, 0.15) is 12.1 Å². The molecule has 7 heteroatoms. The summed E-state index contributed by atoms with van der Waals surface area (Å²) in [5.41, 5.74) is 2.24. The van der Waals surface area contributed by atoms with Crippen molar-refractivity contribution >= 4 is 11.6 Å². The minimum absolute atomic E-state index is 0.667. The van der Waals surface area contributed by atoms with Crippen molar-refractivity contribution in [3.05, 3.63) is 17.6 Å². The normalized spacial score (nSPS) is 21.5. The fourth-order valence-electron chi connectivity index (χ4n) is 3.43. The van der Waals surface area contributed by atoms with Crippen molar-refractivity contribution in [2.75, 3.05) is 51.2 Å². The molecule has 118 valence electrons. The lowest BCUT2D eigenvalue weighted by atomic mass is 10.0. The molecule has 0 spiro atoms. The third kappa shape index (κ3) is 2.16. The van der Waals surface area contributed by atoms with E-state index in [1.165, 1.54) is 31.7 Å². The second kappa shape index (κ2) is 5.17. The number of likely N-dealkylation sites (N-methyl/N-ethyl adjacent to an activating group) is 1. The van der Waals surface area contributed by atoms with E-state index >= 15 is 0 Å². The summed E-state index contributed by atoms with van der Waals surface area (Å²) in [6.07, 6.45) is 1.59. The van der Waals surface area contributed by atoms with Crippen LogP contribution in [0.1, 0.15) is 11.3 Å². The quantitative estimate of drug-likeness (QED) is 0.788. The van der Waals surface area contributed by atoms with Crippen LogP contribution in [0.15, 0.2) is 6.33 Å². The SMILES string of the molecule is Cc1nc2ncnn2c(N2CC(N3CCN(C)CC3)C2)c1C. The molecule has 2 aliphatic heterocycles. The van der Waals surface area contributed by atoms with Crippen LogP contribution >= 0.6 is 0 Å². The lowest BCUT2D eigenvalue weighted by molar-refractivity contribution is 0.0958. The van der Waals surface area contributed by atoms with Gasteiger partial charge < -0.3 is 9.80 Å². The van der Waals surface area contributed by atoms with E-state index in [2.05, 4.69) is 43.7 Å². The molecule has 2 fully saturated rings. The van der Waals surface area contributed by atoms with Gasteiger partial charge in [0.25, 0.3) is 5.78 Å². The lowest BCUT2D eigenvalue weighted by Gasteiger charge is -2.48. The zero-order valence-electron chi connectivity index (χ0n) is 13.5. The predicted molar refractivity (Wildman–Crippen MR) is 85.3 cm³/mol. The Morgan fingerprint density at radius 1 is 1.09 bits per heavy atom. The van der Waals surface area contributed by atoms with Crippen LogP contribution < -0.4 is 4.90 Å². The summed E-state index contributed by atoms with van der Waals surface area (Å²) in [6.45, 7) is 11.0. The van der Waals surface area contributed by atoms with Gasteiger partial charge in [-0.15, -0.1) is 0 Å². The van der Waals surface area contributed by atoms with Gasteiger partial charge in [0.2, 0.25) is 0 Å². The highest BCUT2D eigenvalue weighted by atomic mass is 15.4. The van der Waals surface area contributed by atoms with E-state index in [9.17, 15) is 0 Å². The summed E-state index contributed by atoms with van der Waals surface area (Å²) in [5.74, 6) is 1.85. The molecule has 0 unspecified atom stereocenters. The van der Waals surface area contributed by atoms with Gasteiger partial charge in [-0.2, -0.15) is 14.6 Å². The first kappa shape index (κ1) is 13.9. The van der Waals surface area contributed by atoms with E-state index in [-0.39, 0.29) is 0 Å². The molecule has 2 saturated heterocycles. The Morgan fingerprint density at radius 3 is 2.55 bits per heavy atom. The Balaban J connectivity index is 1.53. The zero-order valence-corrected chi connectivity index (χ0v) is 13.5. The van der Waals surface area contributed by atoms with Crippen molar-refractivity contribution in [2.24, 2.45) is 0 Å². The van der Waals surface area contributed by atoms with E-state index in [0.29, 0.717) is 11.8 Å². The highest BCUT2D eigenvalue weighted by molar-refractivity contribution is 5.55. The minimum atomic E-state index is 0.667. The summed E-state index contributed by atoms with van der Waals surface area (Å²) < 4.78 is 1.88. The molecule has 0 radical (unpaired) electrons. The number of nitrogens with zero attached hydrogens (tertiary/aromatic N) is 7. The average Bonchev–Trinajstić information content (AvgIpc) is 2.91. The van der Waals surface area contributed by atoms with Gasteiger partial charge in [0.05, 0.1) is 0 Å². The maximum atomic E-state index is 4.50. The Bertz CT molecular complexity index is 681. The van der Waals surface area contributed by atoms with Crippen LogP contribution in [0, 0.1) is 13.8 Å². The van der Waals surface area contributed by atoms with Crippen molar-refractivity contribution in [1.29, 1.82) is 0 Å². The van der Waals surface area contributed by atoms with Gasteiger partial charge in [-0.3, -0.25) is 4.90 Å². The molecule has 7 nitrogen and oxygen atoms in total. The molecule has 4 heterocycles. The highest BCUT2D eigenvalue weighted by Crippen LogP contribution is 2.28. The van der Waals surface area contributed by atoms with Crippen LogP contribution in [0.2, 0.25) is 0 Å². The van der Waals surface area contributed by atoms with Crippen molar-refractivity contribution < 1.29 is 0 Å². The van der Waals surface area contributed by atoms with E-state index in [4.69, 9.17) is 0 Å². The van der Waals surface area contributed by atoms with Gasteiger partial charge in [0, 0.05) is 56.6 Å². The van der Waals surface area contributed by atoms with Crippen LogP contribution in [0.5, 0.6) is 0 Å². The summed E-state index contributed by atoms with van der Waals surface area (Å²) in [5, 5.41) is 4.35. The molecular weight excluding hydrogens is 278 g/mol. The monoisotopic (exact) mass is 301 g/mol. The summed E-state index contributed by atoms with van der Waals surface area (Å²) in [6, 6.07) is 0.667. The van der Waals surface area contributed by atoms with Crippen LogP contribution in [-0.2, 0) is 0 Å². The molecule has 2 aliphatic rings. The molecule has 0 amide bonds. The molecule has 2 aromatic rings. The number of anilines is 1. The molecule has 22 heavy (non-hydrogen) atoms. The molecule has 0 aromatic carbocycles. The third-order valence-corrected chi connectivity index (χ3v) is 5.09. The average molecular weight is 301 g/mol. The second-order valence-electron chi connectivity index (χ2n) is 6.52. The Morgan fingerprint density at radius 2 is 1.82 bits per heavy atom. The standard InChI is InChI=1S/C15H23N7/c1-11-12(2)18-15-16-10-17-22(15)14(11)21-8-13(9-21)20-6-4-19(3)5-7-20/h10,13H,4-9H2,1-3H3. The number of hydrogen-bond donors (Lipinski definition) is 0. The first-order valence-electron chi connectivity index (χ1n) is 7.98.